The molecule has 5 heteroatoms. The summed E-state index contributed by atoms with van der Waals surface area (Å²) in [5, 5.41) is 2.70. The van der Waals surface area contributed by atoms with Crippen LogP contribution in [0.4, 0.5) is 10.1 Å². The molecule has 1 amide bonds. The van der Waals surface area contributed by atoms with Gasteiger partial charge in [0, 0.05) is 5.69 Å². The van der Waals surface area contributed by atoms with Crippen LogP contribution < -0.4 is 5.32 Å². The summed E-state index contributed by atoms with van der Waals surface area (Å²) in [6.45, 7) is 1.96. The van der Waals surface area contributed by atoms with E-state index in [1.54, 1.807) is 19.1 Å². The average molecular weight is 327 g/mol. The molecule has 1 fully saturated rings. The first kappa shape index (κ1) is 16.2. The summed E-state index contributed by atoms with van der Waals surface area (Å²) >= 11 is 0. The Labute approximate surface area is 139 Å². The van der Waals surface area contributed by atoms with Gasteiger partial charge in [-0.15, -0.1) is 0 Å². The predicted molar refractivity (Wildman–Crippen MR) is 88.7 cm³/mol. The SMILES string of the molecule is CCOC(=O)c1ccc(C2CC2)cc1C(=O)Nc1ccc(F)cc1. The number of halogens is 1. The molecule has 1 aliphatic rings. The van der Waals surface area contributed by atoms with E-state index in [-0.39, 0.29) is 23.6 Å². The maximum absolute atomic E-state index is 13.0. The van der Waals surface area contributed by atoms with E-state index in [1.165, 1.54) is 24.3 Å². The number of benzene rings is 2. The minimum atomic E-state index is -0.524. The van der Waals surface area contributed by atoms with Gasteiger partial charge in [0.05, 0.1) is 17.7 Å². The van der Waals surface area contributed by atoms with Crippen LogP contribution in [0.5, 0.6) is 0 Å². The normalized spacial score (nSPS) is 13.4. The van der Waals surface area contributed by atoms with Crippen LogP contribution in [-0.2, 0) is 4.74 Å². The molecule has 0 heterocycles. The summed E-state index contributed by atoms with van der Waals surface area (Å²) in [6, 6.07) is 10.8. The van der Waals surface area contributed by atoms with E-state index in [0.29, 0.717) is 11.6 Å². The predicted octanol–water partition coefficient (Wildman–Crippen LogP) is 4.13. The summed E-state index contributed by atoms with van der Waals surface area (Å²) in [5.74, 6) is -0.856. The second kappa shape index (κ2) is 6.83. The fraction of sp³-hybridized carbons (Fsp3) is 0.263. The lowest BCUT2D eigenvalue weighted by Crippen LogP contribution is -2.18. The van der Waals surface area contributed by atoms with Gasteiger partial charge in [0.25, 0.3) is 5.91 Å². The summed E-state index contributed by atoms with van der Waals surface area (Å²) in [7, 11) is 0. The molecule has 24 heavy (non-hydrogen) atoms. The van der Waals surface area contributed by atoms with Gasteiger partial charge < -0.3 is 10.1 Å². The van der Waals surface area contributed by atoms with Crippen molar-refractivity contribution < 1.29 is 18.7 Å². The number of anilines is 1. The molecule has 1 aliphatic carbocycles. The van der Waals surface area contributed by atoms with Crippen LogP contribution in [0, 0.1) is 5.82 Å². The fourth-order valence-corrected chi connectivity index (χ4v) is 2.54. The smallest absolute Gasteiger partial charge is 0.338 e. The van der Waals surface area contributed by atoms with Gasteiger partial charge in [0.2, 0.25) is 0 Å². The molecule has 4 nitrogen and oxygen atoms in total. The van der Waals surface area contributed by atoms with Crippen LogP contribution in [0.25, 0.3) is 0 Å². The minimum absolute atomic E-state index is 0.237. The molecule has 2 aromatic carbocycles. The largest absolute Gasteiger partial charge is 0.462 e. The molecular formula is C19H18FNO3. The van der Waals surface area contributed by atoms with Crippen LogP contribution >= 0.6 is 0 Å². The molecular weight excluding hydrogens is 309 g/mol. The third-order valence-corrected chi connectivity index (χ3v) is 3.93. The number of rotatable bonds is 5. The Morgan fingerprint density at radius 2 is 1.83 bits per heavy atom. The van der Waals surface area contributed by atoms with E-state index >= 15 is 0 Å². The van der Waals surface area contributed by atoms with Crippen molar-refractivity contribution in [2.24, 2.45) is 0 Å². The lowest BCUT2D eigenvalue weighted by atomic mass is 10.0. The van der Waals surface area contributed by atoms with E-state index in [4.69, 9.17) is 4.74 Å². The third-order valence-electron chi connectivity index (χ3n) is 3.93. The fourth-order valence-electron chi connectivity index (χ4n) is 2.54. The quantitative estimate of drug-likeness (QED) is 0.840. The zero-order valence-electron chi connectivity index (χ0n) is 13.3. The molecule has 1 saturated carbocycles. The Kier molecular flexibility index (Phi) is 4.60. The zero-order chi connectivity index (χ0) is 17.1. The Bertz CT molecular complexity index is 767. The monoisotopic (exact) mass is 327 g/mol. The molecule has 0 unspecified atom stereocenters. The highest BCUT2D eigenvalue weighted by atomic mass is 19.1. The minimum Gasteiger partial charge on any atom is -0.462 e. The molecule has 0 spiro atoms. The maximum Gasteiger partial charge on any atom is 0.338 e. The van der Waals surface area contributed by atoms with Crippen LogP contribution in [-0.4, -0.2) is 18.5 Å². The van der Waals surface area contributed by atoms with Crippen molar-refractivity contribution in [3.05, 3.63) is 65.0 Å². The van der Waals surface area contributed by atoms with Crippen LogP contribution in [0.2, 0.25) is 0 Å². The van der Waals surface area contributed by atoms with Gasteiger partial charge in [-0.3, -0.25) is 4.79 Å². The van der Waals surface area contributed by atoms with Crippen molar-refractivity contribution in [1.29, 1.82) is 0 Å². The van der Waals surface area contributed by atoms with Gasteiger partial charge in [-0.05, 0) is 67.6 Å². The van der Waals surface area contributed by atoms with Gasteiger partial charge >= 0.3 is 5.97 Å². The van der Waals surface area contributed by atoms with Gasteiger partial charge in [0.1, 0.15) is 5.82 Å². The molecule has 0 atom stereocenters. The van der Waals surface area contributed by atoms with Crippen LogP contribution in [0.3, 0.4) is 0 Å². The highest BCUT2D eigenvalue weighted by Gasteiger charge is 2.26. The van der Waals surface area contributed by atoms with Crippen LogP contribution in [0.1, 0.15) is 52.0 Å². The molecule has 0 radical (unpaired) electrons. The number of hydrogen-bond acceptors (Lipinski definition) is 3. The van der Waals surface area contributed by atoms with E-state index in [2.05, 4.69) is 5.32 Å². The number of carbonyl (C=O) groups is 2. The molecule has 2 aromatic rings. The highest BCUT2D eigenvalue weighted by molar-refractivity contribution is 6.11. The molecule has 0 aromatic heterocycles. The summed E-state index contributed by atoms with van der Waals surface area (Å²) < 4.78 is 18.0. The number of carbonyl (C=O) groups excluding carboxylic acids is 2. The van der Waals surface area contributed by atoms with Crippen molar-refractivity contribution in [3.8, 4) is 0 Å². The average Bonchev–Trinajstić information content (AvgIpc) is 3.41. The summed E-state index contributed by atoms with van der Waals surface area (Å²) in [5.41, 5.74) is 2.03. The standard InChI is InChI=1S/C19H18FNO3/c1-2-24-19(23)16-10-5-13(12-3-4-12)11-17(16)18(22)21-15-8-6-14(20)7-9-15/h5-12H,2-4H2,1H3,(H,21,22). The molecule has 124 valence electrons. The van der Waals surface area contributed by atoms with Gasteiger partial charge in [-0.1, -0.05) is 6.07 Å². The molecule has 0 bridgehead atoms. The topological polar surface area (TPSA) is 55.4 Å². The number of amides is 1. The Balaban J connectivity index is 1.90. The zero-order valence-corrected chi connectivity index (χ0v) is 13.3. The summed E-state index contributed by atoms with van der Waals surface area (Å²) in [4.78, 5) is 24.7. The Morgan fingerprint density at radius 3 is 2.46 bits per heavy atom. The van der Waals surface area contributed by atoms with E-state index in [9.17, 15) is 14.0 Å². The van der Waals surface area contributed by atoms with Gasteiger partial charge in [-0.2, -0.15) is 0 Å². The van der Waals surface area contributed by atoms with Crippen molar-refractivity contribution in [2.75, 3.05) is 11.9 Å². The third kappa shape index (κ3) is 3.62. The molecule has 3 rings (SSSR count). The van der Waals surface area contributed by atoms with Crippen molar-refractivity contribution in [2.45, 2.75) is 25.7 Å². The maximum atomic E-state index is 13.0. The van der Waals surface area contributed by atoms with Crippen LogP contribution in [0.15, 0.2) is 42.5 Å². The molecule has 1 N–H and O–H groups in total. The van der Waals surface area contributed by atoms with E-state index in [0.717, 1.165) is 18.4 Å². The van der Waals surface area contributed by atoms with Gasteiger partial charge in [0.15, 0.2) is 0 Å². The molecule has 0 aliphatic heterocycles. The number of esters is 1. The highest BCUT2D eigenvalue weighted by Crippen LogP contribution is 2.40. The Morgan fingerprint density at radius 1 is 1.12 bits per heavy atom. The van der Waals surface area contributed by atoms with Gasteiger partial charge in [-0.25, -0.2) is 9.18 Å². The second-order valence-electron chi connectivity index (χ2n) is 5.76. The lowest BCUT2D eigenvalue weighted by molar-refractivity contribution is 0.0523. The number of nitrogens with one attached hydrogen (secondary N) is 1. The Hall–Kier alpha value is -2.69. The van der Waals surface area contributed by atoms with Crippen molar-refractivity contribution in [1.82, 2.24) is 0 Å². The van der Waals surface area contributed by atoms with E-state index in [1.807, 2.05) is 6.07 Å². The van der Waals surface area contributed by atoms with Crippen molar-refractivity contribution >= 4 is 17.6 Å². The first-order valence-electron chi connectivity index (χ1n) is 7.96. The lowest BCUT2D eigenvalue weighted by Gasteiger charge is -2.11. The molecule has 0 saturated heterocycles. The second-order valence-corrected chi connectivity index (χ2v) is 5.76. The number of hydrogen-bond donors (Lipinski definition) is 1. The first-order chi connectivity index (χ1) is 11.6. The first-order valence-corrected chi connectivity index (χ1v) is 7.96. The number of ether oxygens (including phenoxy) is 1. The van der Waals surface area contributed by atoms with Crippen molar-refractivity contribution in [3.63, 3.8) is 0 Å². The summed E-state index contributed by atoms with van der Waals surface area (Å²) in [6.07, 6.45) is 2.19. The van der Waals surface area contributed by atoms with E-state index < -0.39 is 11.9 Å².